The number of ether oxygens (including phenoxy) is 1. The molecule has 4 nitrogen and oxygen atoms in total. The van der Waals surface area contributed by atoms with Gasteiger partial charge in [-0.15, -0.1) is 0 Å². The summed E-state index contributed by atoms with van der Waals surface area (Å²) in [4.78, 5) is 11.5. The van der Waals surface area contributed by atoms with Crippen LogP contribution in [0.1, 0.15) is 5.76 Å². The molecule has 1 N–H and O–H groups in total. The standard InChI is InChI=1S/C11H10O4/c1-6-3-8(12)7-4-9(13)11(14-2)5-10(7)15-6/h3-5,13H,1-2H3. The molecule has 0 spiro atoms. The van der Waals surface area contributed by atoms with Crippen LogP contribution in [0.3, 0.4) is 0 Å². The third-order valence-electron chi connectivity index (χ3n) is 2.15. The molecule has 0 fully saturated rings. The van der Waals surface area contributed by atoms with Gasteiger partial charge in [0.1, 0.15) is 11.3 Å². The van der Waals surface area contributed by atoms with Gasteiger partial charge in [-0.1, -0.05) is 0 Å². The summed E-state index contributed by atoms with van der Waals surface area (Å²) in [6.07, 6.45) is 0. The summed E-state index contributed by atoms with van der Waals surface area (Å²) in [5.41, 5.74) is 0.237. The van der Waals surface area contributed by atoms with Crippen molar-refractivity contribution < 1.29 is 14.3 Å². The molecule has 2 rings (SSSR count). The zero-order chi connectivity index (χ0) is 11.0. The highest BCUT2D eigenvalue weighted by molar-refractivity contribution is 5.80. The van der Waals surface area contributed by atoms with Crippen molar-refractivity contribution in [3.05, 3.63) is 34.2 Å². The van der Waals surface area contributed by atoms with Crippen molar-refractivity contribution in [3.8, 4) is 11.5 Å². The van der Waals surface area contributed by atoms with Gasteiger partial charge in [-0.2, -0.15) is 0 Å². The summed E-state index contributed by atoms with van der Waals surface area (Å²) < 4.78 is 10.3. The van der Waals surface area contributed by atoms with Crippen molar-refractivity contribution in [3.63, 3.8) is 0 Å². The van der Waals surface area contributed by atoms with Gasteiger partial charge in [0.05, 0.1) is 12.5 Å². The Kier molecular flexibility index (Phi) is 2.11. The highest BCUT2D eigenvalue weighted by Crippen LogP contribution is 2.29. The second kappa shape index (κ2) is 3.31. The number of fused-ring (bicyclic) bond motifs is 1. The minimum Gasteiger partial charge on any atom is -0.504 e. The van der Waals surface area contributed by atoms with Crippen LogP contribution in [0, 0.1) is 6.92 Å². The maximum absolute atomic E-state index is 11.5. The minimum atomic E-state index is -0.174. The first-order valence-corrected chi connectivity index (χ1v) is 4.43. The summed E-state index contributed by atoms with van der Waals surface area (Å²) in [5.74, 6) is 0.748. The van der Waals surface area contributed by atoms with Crippen LogP contribution >= 0.6 is 0 Å². The number of phenols is 1. The molecule has 0 aliphatic carbocycles. The third kappa shape index (κ3) is 1.54. The number of methoxy groups -OCH3 is 1. The van der Waals surface area contributed by atoms with Crippen molar-refractivity contribution in [1.29, 1.82) is 0 Å². The first-order chi connectivity index (χ1) is 7.11. The van der Waals surface area contributed by atoms with Crippen molar-refractivity contribution in [1.82, 2.24) is 0 Å². The van der Waals surface area contributed by atoms with Gasteiger partial charge in [-0.3, -0.25) is 4.79 Å². The first-order valence-electron chi connectivity index (χ1n) is 4.43. The second-order valence-electron chi connectivity index (χ2n) is 3.24. The fraction of sp³-hybridized carbons (Fsp3) is 0.182. The van der Waals surface area contributed by atoms with E-state index in [0.717, 1.165) is 0 Å². The van der Waals surface area contributed by atoms with E-state index in [1.165, 1.54) is 25.3 Å². The van der Waals surface area contributed by atoms with E-state index in [-0.39, 0.29) is 16.9 Å². The Labute approximate surface area is 85.7 Å². The summed E-state index contributed by atoms with van der Waals surface area (Å²) in [6.45, 7) is 1.69. The van der Waals surface area contributed by atoms with E-state index < -0.39 is 0 Å². The Hall–Kier alpha value is -1.97. The van der Waals surface area contributed by atoms with E-state index in [1.54, 1.807) is 6.92 Å². The molecule has 2 aromatic rings. The van der Waals surface area contributed by atoms with E-state index in [1.807, 2.05) is 0 Å². The molecule has 0 bridgehead atoms. The number of hydrogen-bond donors (Lipinski definition) is 1. The maximum atomic E-state index is 11.5. The number of aromatic hydroxyl groups is 1. The van der Waals surface area contributed by atoms with Gasteiger partial charge < -0.3 is 14.3 Å². The molecule has 15 heavy (non-hydrogen) atoms. The Morgan fingerprint density at radius 2 is 2.07 bits per heavy atom. The molecular formula is C11H10O4. The Bertz CT molecular complexity index is 569. The van der Waals surface area contributed by atoms with Crippen LogP contribution in [-0.2, 0) is 0 Å². The number of rotatable bonds is 1. The predicted molar refractivity (Wildman–Crippen MR) is 55.4 cm³/mol. The van der Waals surface area contributed by atoms with Gasteiger partial charge in [-0.05, 0) is 13.0 Å². The van der Waals surface area contributed by atoms with Crippen molar-refractivity contribution in [2.75, 3.05) is 7.11 Å². The summed E-state index contributed by atoms with van der Waals surface area (Å²) in [5, 5.41) is 9.84. The largest absolute Gasteiger partial charge is 0.504 e. The fourth-order valence-corrected chi connectivity index (χ4v) is 1.46. The highest BCUT2D eigenvalue weighted by atomic mass is 16.5. The molecule has 0 amide bonds. The molecule has 1 heterocycles. The Morgan fingerprint density at radius 1 is 1.33 bits per heavy atom. The normalized spacial score (nSPS) is 10.5. The zero-order valence-corrected chi connectivity index (χ0v) is 8.40. The van der Waals surface area contributed by atoms with Crippen molar-refractivity contribution in [2.45, 2.75) is 6.92 Å². The number of hydrogen-bond acceptors (Lipinski definition) is 4. The predicted octanol–water partition coefficient (Wildman–Crippen LogP) is 1.82. The number of phenolic OH excluding ortho intramolecular Hbond substituents is 1. The summed E-state index contributed by atoms with van der Waals surface area (Å²) in [7, 11) is 1.44. The van der Waals surface area contributed by atoms with Crippen LogP contribution in [0.15, 0.2) is 27.4 Å². The lowest BCUT2D eigenvalue weighted by Crippen LogP contribution is -2.00. The molecule has 0 aliphatic heterocycles. The van der Waals surface area contributed by atoms with Gasteiger partial charge in [-0.25, -0.2) is 0 Å². The van der Waals surface area contributed by atoms with E-state index in [0.29, 0.717) is 16.7 Å². The van der Waals surface area contributed by atoms with Gasteiger partial charge in [0, 0.05) is 12.1 Å². The zero-order valence-electron chi connectivity index (χ0n) is 8.40. The lowest BCUT2D eigenvalue weighted by molar-refractivity contribution is 0.373. The van der Waals surface area contributed by atoms with Crippen LogP contribution < -0.4 is 10.2 Å². The quantitative estimate of drug-likeness (QED) is 0.773. The molecule has 1 aromatic heterocycles. The van der Waals surface area contributed by atoms with E-state index >= 15 is 0 Å². The van der Waals surface area contributed by atoms with Crippen molar-refractivity contribution >= 4 is 11.0 Å². The van der Waals surface area contributed by atoms with Gasteiger partial charge in [0.15, 0.2) is 16.9 Å². The smallest absolute Gasteiger partial charge is 0.193 e. The van der Waals surface area contributed by atoms with E-state index in [9.17, 15) is 9.90 Å². The molecule has 0 saturated heterocycles. The monoisotopic (exact) mass is 206 g/mol. The lowest BCUT2D eigenvalue weighted by Gasteiger charge is -2.04. The van der Waals surface area contributed by atoms with Crippen LogP contribution in [0.4, 0.5) is 0 Å². The molecule has 0 atom stereocenters. The topological polar surface area (TPSA) is 59.7 Å². The minimum absolute atomic E-state index is 0.0684. The fourth-order valence-electron chi connectivity index (χ4n) is 1.46. The summed E-state index contributed by atoms with van der Waals surface area (Å²) >= 11 is 0. The Balaban J connectivity index is 2.87. The second-order valence-corrected chi connectivity index (χ2v) is 3.24. The molecule has 78 valence electrons. The molecule has 1 aromatic carbocycles. The SMILES string of the molecule is COc1cc2oc(C)cc(=O)c2cc1O. The van der Waals surface area contributed by atoms with Gasteiger partial charge in [0.25, 0.3) is 0 Å². The summed E-state index contributed by atoms with van der Waals surface area (Å²) in [6, 6.07) is 4.23. The number of aryl methyl sites for hydroxylation is 1. The van der Waals surface area contributed by atoms with E-state index in [4.69, 9.17) is 9.15 Å². The molecule has 0 aliphatic rings. The van der Waals surface area contributed by atoms with Crippen LogP contribution in [0.25, 0.3) is 11.0 Å². The van der Waals surface area contributed by atoms with E-state index in [2.05, 4.69) is 0 Å². The van der Waals surface area contributed by atoms with Crippen LogP contribution in [0.5, 0.6) is 11.5 Å². The molecule has 0 saturated carbocycles. The van der Waals surface area contributed by atoms with Crippen LogP contribution in [-0.4, -0.2) is 12.2 Å². The molecular weight excluding hydrogens is 196 g/mol. The average molecular weight is 206 g/mol. The first kappa shape index (κ1) is 9.58. The highest BCUT2D eigenvalue weighted by Gasteiger charge is 2.08. The molecule has 0 unspecified atom stereocenters. The molecule has 4 heteroatoms. The lowest BCUT2D eigenvalue weighted by atomic mass is 10.2. The average Bonchev–Trinajstić information content (AvgIpc) is 2.18. The number of benzene rings is 1. The maximum Gasteiger partial charge on any atom is 0.193 e. The van der Waals surface area contributed by atoms with Crippen LogP contribution in [0.2, 0.25) is 0 Å². The third-order valence-corrected chi connectivity index (χ3v) is 2.15. The Morgan fingerprint density at radius 3 is 2.73 bits per heavy atom. The molecule has 0 radical (unpaired) electrons. The van der Waals surface area contributed by atoms with Gasteiger partial charge in [0.2, 0.25) is 0 Å². The van der Waals surface area contributed by atoms with Crippen molar-refractivity contribution in [2.24, 2.45) is 0 Å². The van der Waals surface area contributed by atoms with Gasteiger partial charge >= 0.3 is 0 Å².